The van der Waals surface area contributed by atoms with Gasteiger partial charge in [-0.2, -0.15) is 0 Å². The molecule has 0 spiro atoms. The van der Waals surface area contributed by atoms with Crippen LogP contribution in [0, 0.1) is 5.92 Å². The summed E-state index contributed by atoms with van der Waals surface area (Å²) < 4.78 is 5.09. The predicted molar refractivity (Wildman–Crippen MR) is 75.5 cm³/mol. The Morgan fingerprint density at radius 1 is 1.32 bits per heavy atom. The first-order chi connectivity index (χ1) is 9.11. The fraction of sp³-hybridized carbons (Fsp3) is 0.533. The lowest BCUT2D eigenvalue weighted by Crippen LogP contribution is -2.55. The second-order valence-electron chi connectivity index (χ2n) is 5.24. The molecular weight excluding hydrogens is 240 g/mol. The quantitative estimate of drug-likeness (QED) is 0.873. The lowest BCUT2D eigenvalue weighted by atomic mass is 9.89. The Hall–Kier alpha value is -1.55. The van der Waals surface area contributed by atoms with Gasteiger partial charge in [-0.25, -0.2) is 0 Å². The highest BCUT2D eigenvalue weighted by Crippen LogP contribution is 2.17. The molecule has 2 rings (SSSR count). The molecule has 19 heavy (non-hydrogen) atoms. The molecule has 1 amide bonds. The van der Waals surface area contributed by atoms with Crippen molar-refractivity contribution in [3.05, 3.63) is 29.8 Å². The molecule has 1 aliphatic heterocycles. The summed E-state index contributed by atoms with van der Waals surface area (Å²) in [5, 5.41) is 6.53. The first kappa shape index (κ1) is 13.9. The Bertz CT molecular complexity index is 420. The summed E-state index contributed by atoms with van der Waals surface area (Å²) >= 11 is 0. The third-order valence-electron chi connectivity index (χ3n) is 3.87. The van der Waals surface area contributed by atoms with E-state index in [2.05, 4.69) is 24.5 Å². The number of carbonyl (C=O) groups is 1. The smallest absolute Gasteiger partial charge is 0.251 e. The van der Waals surface area contributed by atoms with Gasteiger partial charge in [-0.3, -0.25) is 4.79 Å². The fourth-order valence-electron chi connectivity index (χ4n) is 2.58. The largest absolute Gasteiger partial charge is 0.497 e. The van der Waals surface area contributed by atoms with Crippen molar-refractivity contribution in [3.63, 3.8) is 0 Å². The van der Waals surface area contributed by atoms with Crippen LogP contribution in [0.2, 0.25) is 0 Å². The minimum atomic E-state index is -0.0185. The van der Waals surface area contributed by atoms with Crippen molar-refractivity contribution in [2.45, 2.75) is 32.4 Å². The Morgan fingerprint density at radius 3 is 2.58 bits per heavy atom. The van der Waals surface area contributed by atoms with E-state index in [4.69, 9.17) is 4.74 Å². The minimum absolute atomic E-state index is 0.0185. The van der Waals surface area contributed by atoms with Crippen LogP contribution < -0.4 is 15.4 Å². The maximum atomic E-state index is 12.2. The molecule has 3 atom stereocenters. The first-order valence-corrected chi connectivity index (χ1v) is 6.80. The molecule has 1 aromatic rings. The molecule has 0 aliphatic carbocycles. The average Bonchev–Trinajstić information content (AvgIpc) is 2.43. The summed E-state index contributed by atoms with van der Waals surface area (Å²) in [6.45, 7) is 5.34. The van der Waals surface area contributed by atoms with E-state index >= 15 is 0 Å². The molecule has 2 N–H and O–H groups in total. The number of nitrogens with one attached hydrogen (secondary N) is 2. The Balaban J connectivity index is 2.02. The number of amides is 1. The Kier molecular flexibility index (Phi) is 4.43. The van der Waals surface area contributed by atoms with Crippen molar-refractivity contribution >= 4 is 5.91 Å². The number of hydrogen-bond acceptors (Lipinski definition) is 3. The normalized spacial score (nSPS) is 26.8. The number of rotatable bonds is 3. The second-order valence-corrected chi connectivity index (χ2v) is 5.24. The molecule has 1 fully saturated rings. The molecule has 104 valence electrons. The van der Waals surface area contributed by atoms with Gasteiger partial charge in [0.25, 0.3) is 5.91 Å². The summed E-state index contributed by atoms with van der Waals surface area (Å²) in [5.41, 5.74) is 0.672. The summed E-state index contributed by atoms with van der Waals surface area (Å²) in [4.78, 5) is 12.2. The fourth-order valence-corrected chi connectivity index (χ4v) is 2.58. The van der Waals surface area contributed by atoms with E-state index in [1.165, 1.54) is 0 Å². The van der Waals surface area contributed by atoms with Crippen molar-refractivity contribution in [3.8, 4) is 5.75 Å². The molecule has 0 radical (unpaired) electrons. The zero-order valence-electron chi connectivity index (χ0n) is 11.8. The molecule has 0 bridgehead atoms. The van der Waals surface area contributed by atoms with E-state index in [1.807, 2.05) is 0 Å². The third kappa shape index (κ3) is 3.26. The predicted octanol–water partition coefficient (Wildman–Crippen LogP) is 1.81. The number of ether oxygens (including phenoxy) is 1. The number of benzene rings is 1. The number of hydrogen-bond donors (Lipinski definition) is 2. The van der Waals surface area contributed by atoms with Gasteiger partial charge in [-0.05, 0) is 50.1 Å². The Morgan fingerprint density at radius 2 is 2.00 bits per heavy atom. The van der Waals surface area contributed by atoms with Crippen LogP contribution in [-0.4, -0.2) is 31.6 Å². The van der Waals surface area contributed by atoms with Crippen molar-refractivity contribution in [2.24, 2.45) is 5.92 Å². The monoisotopic (exact) mass is 262 g/mol. The maximum absolute atomic E-state index is 12.2. The summed E-state index contributed by atoms with van der Waals surface area (Å²) in [6, 6.07) is 7.69. The summed E-state index contributed by atoms with van der Waals surface area (Å²) in [5.74, 6) is 1.24. The third-order valence-corrected chi connectivity index (χ3v) is 3.87. The van der Waals surface area contributed by atoms with Crippen LogP contribution in [0.25, 0.3) is 0 Å². The van der Waals surface area contributed by atoms with Crippen molar-refractivity contribution in [2.75, 3.05) is 13.7 Å². The van der Waals surface area contributed by atoms with Crippen LogP contribution in [0.5, 0.6) is 5.75 Å². The van der Waals surface area contributed by atoms with Crippen LogP contribution in [0.15, 0.2) is 24.3 Å². The van der Waals surface area contributed by atoms with Crippen molar-refractivity contribution in [1.82, 2.24) is 10.6 Å². The highest BCUT2D eigenvalue weighted by Gasteiger charge is 2.28. The van der Waals surface area contributed by atoms with Crippen LogP contribution in [0.3, 0.4) is 0 Å². The number of carbonyl (C=O) groups excluding carboxylic acids is 1. The molecule has 1 aliphatic rings. The molecular formula is C15H22N2O2. The second kappa shape index (κ2) is 6.06. The lowest BCUT2D eigenvalue weighted by Gasteiger charge is -2.36. The van der Waals surface area contributed by atoms with Crippen molar-refractivity contribution in [1.29, 1.82) is 0 Å². The molecule has 1 saturated heterocycles. The minimum Gasteiger partial charge on any atom is -0.497 e. The lowest BCUT2D eigenvalue weighted by molar-refractivity contribution is 0.0897. The zero-order valence-corrected chi connectivity index (χ0v) is 11.8. The van der Waals surface area contributed by atoms with Gasteiger partial charge in [0, 0.05) is 17.6 Å². The SMILES string of the molecule is COc1ccc(C(=O)NC2C(C)CCNC2C)cc1. The van der Waals surface area contributed by atoms with Crippen LogP contribution in [0.1, 0.15) is 30.6 Å². The zero-order chi connectivity index (χ0) is 13.8. The Labute approximate surface area is 114 Å². The van der Waals surface area contributed by atoms with Gasteiger partial charge in [0.2, 0.25) is 0 Å². The number of piperidine rings is 1. The van der Waals surface area contributed by atoms with Crippen molar-refractivity contribution < 1.29 is 9.53 Å². The van der Waals surface area contributed by atoms with E-state index in [0.717, 1.165) is 18.7 Å². The molecule has 1 heterocycles. The van der Waals surface area contributed by atoms with Gasteiger partial charge in [-0.1, -0.05) is 6.92 Å². The standard InChI is InChI=1S/C15H22N2O2/c1-10-8-9-16-11(2)14(10)17-15(18)12-4-6-13(19-3)7-5-12/h4-7,10-11,14,16H,8-9H2,1-3H3,(H,17,18). The van der Waals surface area contributed by atoms with Gasteiger partial charge in [-0.15, -0.1) is 0 Å². The van der Waals surface area contributed by atoms with E-state index < -0.39 is 0 Å². The van der Waals surface area contributed by atoms with Gasteiger partial charge in [0.05, 0.1) is 7.11 Å². The summed E-state index contributed by atoms with van der Waals surface area (Å²) in [7, 11) is 1.62. The van der Waals surface area contributed by atoms with E-state index in [-0.39, 0.29) is 11.9 Å². The molecule has 0 aromatic heterocycles. The van der Waals surface area contributed by atoms with E-state index in [0.29, 0.717) is 17.5 Å². The van der Waals surface area contributed by atoms with Gasteiger partial charge < -0.3 is 15.4 Å². The average molecular weight is 262 g/mol. The van der Waals surface area contributed by atoms with Gasteiger partial charge in [0.1, 0.15) is 5.75 Å². The van der Waals surface area contributed by atoms with Crippen LogP contribution in [-0.2, 0) is 0 Å². The highest BCUT2D eigenvalue weighted by atomic mass is 16.5. The van der Waals surface area contributed by atoms with Crippen LogP contribution in [0.4, 0.5) is 0 Å². The highest BCUT2D eigenvalue weighted by molar-refractivity contribution is 5.94. The first-order valence-electron chi connectivity index (χ1n) is 6.80. The molecule has 0 saturated carbocycles. The topological polar surface area (TPSA) is 50.4 Å². The molecule has 1 aromatic carbocycles. The van der Waals surface area contributed by atoms with E-state index in [1.54, 1.807) is 31.4 Å². The van der Waals surface area contributed by atoms with E-state index in [9.17, 15) is 4.79 Å². The van der Waals surface area contributed by atoms with Gasteiger partial charge >= 0.3 is 0 Å². The molecule has 3 unspecified atom stereocenters. The number of methoxy groups -OCH3 is 1. The summed E-state index contributed by atoms with van der Waals surface area (Å²) in [6.07, 6.45) is 1.10. The van der Waals surface area contributed by atoms with Crippen LogP contribution >= 0.6 is 0 Å². The molecule has 4 heteroatoms. The molecule has 4 nitrogen and oxygen atoms in total. The van der Waals surface area contributed by atoms with Gasteiger partial charge in [0.15, 0.2) is 0 Å². The maximum Gasteiger partial charge on any atom is 0.251 e.